The summed E-state index contributed by atoms with van der Waals surface area (Å²) in [5.41, 5.74) is -1.12. The van der Waals surface area contributed by atoms with E-state index in [-0.39, 0.29) is 11.9 Å². The summed E-state index contributed by atoms with van der Waals surface area (Å²) in [6.07, 6.45) is -0.0446. The molecule has 0 aromatic carbocycles. The van der Waals surface area contributed by atoms with Crippen LogP contribution in [0.1, 0.15) is 34.6 Å². The van der Waals surface area contributed by atoms with Crippen molar-refractivity contribution in [3.8, 4) is 0 Å². The molecule has 7 heteroatoms. The molecule has 0 unspecified atom stereocenters. The van der Waals surface area contributed by atoms with Crippen molar-refractivity contribution >= 4 is 21.7 Å². The largest absolute Gasteiger partial charge is 0.404 e. The zero-order valence-corrected chi connectivity index (χ0v) is 15.7. The predicted octanol–water partition coefficient (Wildman–Crippen LogP) is 3.84. The molecule has 0 rings (SSSR count). The molecular weight excluding hydrogens is 295 g/mol. The minimum absolute atomic E-state index is 0.0446. The Balaban J connectivity index is 5.42. The number of hydrogen-bond donors (Lipinski definition) is 0. The third-order valence-electron chi connectivity index (χ3n) is 4.17. The Morgan fingerprint density at radius 1 is 1.10 bits per heavy atom. The van der Waals surface area contributed by atoms with Crippen LogP contribution in [0.5, 0.6) is 0 Å². The van der Waals surface area contributed by atoms with Gasteiger partial charge in [0.1, 0.15) is 5.60 Å². The Morgan fingerprint density at radius 3 is 1.75 bits per heavy atom. The Hall–Kier alpha value is -0.00312. The van der Waals surface area contributed by atoms with Gasteiger partial charge in [-0.15, -0.1) is 0 Å². The molecule has 0 aromatic heterocycles. The van der Waals surface area contributed by atoms with Crippen LogP contribution in [-0.2, 0) is 22.8 Å². The van der Waals surface area contributed by atoms with Gasteiger partial charge in [0.2, 0.25) is 0 Å². The lowest BCUT2D eigenvalue weighted by molar-refractivity contribution is -0.130. The summed E-state index contributed by atoms with van der Waals surface area (Å²) >= 11 is 0. The smallest absolute Gasteiger partial charge is 0.333 e. The van der Waals surface area contributed by atoms with Crippen molar-refractivity contribution in [2.75, 3.05) is 20.4 Å². The highest BCUT2D eigenvalue weighted by Crippen LogP contribution is 2.50. The molecular formula is C13H29O5PSi. The van der Waals surface area contributed by atoms with Crippen molar-refractivity contribution in [1.82, 2.24) is 0 Å². The minimum atomic E-state index is -3.30. The van der Waals surface area contributed by atoms with Crippen LogP contribution in [0.4, 0.5) is 0 Å². The van der Waals surface area contributed by atoms with Gasteiger partial charge in [0, 0.05) is 14.2 Å². The Labute approximate surface area is 124 Å². The van der Waals surface area contributed by atoms with E-state index < -0.39 is 21.5 Å². The maximum absolute atomic E-state index is 12.4. The zero-order valence-electron chi connectivity index (χ0n) is 13.8. The number of Topliss-reactive ketones (excluding diaryl/α,β-unsaturated/α-hetero) is 1. The third-order valence-corrected chi connectivity index (χ3v) is 11.0. The number of carbonyl (C=O) groups excluding carboxylic acids is 1. The van der Waals surface area contributed by atoms with Gasteiger partial charge < -0.3 is 13.5 Å². The number of carbonyl (C=O) groups is 1. The molecule has 0 aliphatic rings. The molecule has 1 atom stereocenters. The predicted molar refractivity (Wildman–Crippen MR) is 83.9 cm³/mol. The Morgan fingerprint density at radius 2 is 1.50 bits per heavy atom. The van der Waals surface area contributed by atoms with E-state index in [1.54, 1.807) is 6.92 Å². The van der Waals surface area contributed by atoms with Crippen molar-refractivity contribution in [3.63, 3.8) is 0 Å². The molecule has 0 radical (unpaired) electrons. The quantitative estimate of drug-likeness (QED) is 0.451. The third kappa shape index (κ3) is 4.78. The number of ketones is 1. The van der Waals surface area contributed by atoms with Gasteiger partial charge in [0.15, 0.2) is 14.1 Å². The molecule has 0 spiro atoms. The summed E-state index contributed by atoms with van der Waals surface area (Å²) in [6.45, 7) is 9.43. The maximum atomic E-state index is 12.4. The van der Waals surface area contributed by atoms with Crippen LogP contribution in [0, 0.1) is 0 Å². The molecule has 5 nitrogen and oxygen atoms in total. The van der Waals surface area contributed by atoms with Gasteiger partial charge >= 0.3 is 7.60 Å². The summed E-state index contributed by atoms with van der Waals surface area (Å²) < 4.78 is 28.6. The van der Waals surface area contributed by atoms with E-state index in [0.29, 0.717) is 0 Å². The average Bonchev–Trinajstić information content (AvgIpc) is 2.44. The first-order valence-corrected chi connectivity index (χ1v) is 11.3. The van der Waals surface area contributed by atoms with Gasteiger partial charge in [-0.3, -0.25) is 9.36 Å². The zero-order chi connectivity index (χ0) is 16.0. The second kappa shape index (κ2) is 7.85. The Bertz CT molecular complexity index is 354. The normalized spacial score (nSPS) is 15.9. The molecule has 0 fully saturated rings. The van der Waals surface area contributed by atoms with E-state index in [1.165, 1.54) is 21.1 Å². The van der Waals surface area contributed by atoms with Gasteiger partial charge in [0.05, 0.1) is 6.16 Å². The highest BCUT2D eigenvalue weighted by Gasteiger charge is 2.45. The van der Waals surface area contributed by atoms with Crippen LogP contribution in [-0.4, -0.2) is 40.1 Å². The van der Waals surface area contributed by atoms with Gasteiger partial charge in [-0.05, 0) is 32.0 Å². The summed E-state index contributed by atoms with van der Waals surface area (Å²) in [5.74, 6) is -0.140. The maximum Gasteiger partial charge on any atom is 0.333 e. The molecule has 0 amide bonds. The highest BCUT2D eigenvalue weighted by atomic mass is 31.2. The summed E-state index contributed by atoms with van der Waals surface area (Å²) in [7, 11) is -2.63. The fourth-order valence-electron chi connectivity index (χ4n) is 2.23. The number of rotatable bonds is 10. The standard InChI is InChI=1S/C13H29O5PSi/c1-8-20(9-2,10-3)18-13(5,12(4)14)11-19(15,16-6)17-7/h8-11H2,1-7H3/t13-/m0/s1. The van der Waals surface area contributed by atoms with Gasteiger partial charge in [0.25, 0.3) is 0 Å². The van der Waals surface area contributed by atoms with Crippen molar-refractivity contribution in [3.05, 3.63) is 0 Å². The number of hydrogen-bond acceptors (Lipinski definition) is 5. The molecule has 0 aliphatic carbocycles. The summed E-state index contributed by atoms with van der Waals surface area (Å²) in [4.78, 5) is 12.1. The molecule has 20 heavy (non-hydrogen) atoms. The van der Waals surface area contributed by atoms with Crippen LogP contribution in [0.15, 0.2) is 0 Å². The van der Waals surface area contributed by atoms with Crippen LogP contribution < -0.4 is 0 Å². The fraction of sp³-hybridized carbons (Fsp3) is 0.923. The first kappa shape index (κ1) is 20.0. The summed E-state index contributed by atoms with van der Waals surface area (Å²) in [5, 5.41) is 0. The molecule has 0 bridgehead atoms. The van der Waals surface area contributed by atoms with E-state index in [1.807, 2.05) is 0 Å². The van der Waals surface area contributed by atoms with Crippen LogP contribution in [0.25, 0.3) is 0 Å². The van der Waals surface area contributed by atoms with Crippen molar-refractivity contribution in [1.29, 1.82) is 0 Å². The lowest BCUT2D eigenvalue weighted by atomic mass is 10.1. The summed E-state index contributed by atoms with van der Waals surface area (Å²) in [6, 6.07) is 2.77. The van der Waals surface area contributed by atoms with E-state index >= 15 is 0 Å². The second-order valence-corrected chi connectivity index (χ2v) is 12.2. The molecule has 0 aromatic rings. The minimum Gasteiger partial charge on any atom is -0.404 e. The molecule has 120 valence electrons. The topological polar surface area (TPSA) is 61.8 Å². The van der Waals surface area contributed by atoms with E-state index in [2.05, 4.69) is 20.8 Å². The SMILES string of the molecule is CC[Si](CC)(CC)O[C@@](C)(CP(=O)(OC)OC)C(C)=O. The molecule has 0 N–H and O–H groups in total. The average molecular weight is 324 g/mol. The lowest BCUT2D eigenvalue weighted by Crippen LogP contribution is -2.51. The Kier molecular flexibility index (Phi) is 7.85. The first-order valence-electron chi connectivity index (χ1n) is 7.08. The van der Waals surface area contributed by atoms with Gasteiger partial charge in [-0.2, -0.15) is 0 Å². The van der Waals surface area contributed by atoms with Gasteiger partial charge in [-0.1, -0.05) is 20.8 Å². The fourth-order valence-corrected chi connectivity index (χ4v) is 6.89. The monoisotopic (exact) mass is 324 g/mol. The van der Waals surface area contributed by atoms with Crippen LogP contribution >= 0.6 is 7.60 Å². The van der Waals surface area contributed by atoms with Gasteiger partial charge in [-0.25, -0.2) is 0 Å². The van der Waals surface area contributed by atoms with E-state index in [4.69, 9.17) is 13.5 Å². The van der Waals surface area contributed by atoms with E-state index in [0.717, 1.165) is 18.1 Å². The molecule has 0 saturated heterocycles. The molecule has 0 heterocycles. The van der Waals surface area contributed by atoms with Crippen LogP contribution in [0.2, 0.25) is 18.1 Å². The van der Waals surface area contributed by atoms with E-state index in [9.17, 15) is 9.36 Å². The van der Waals surface area contributed by atoms with Crippen molar-refractivity contribution in [2.45, 2.75) is 58.4 Å². The van der Waals surface area contributed by atoms with Crippen LogP contribution in [0.3, 0.4) is 0 Å². The molecule has 0 aliphatic heterocycles. The van der Waals surface area contributed by atoms with Crippen molar-refractivity contribution in [2.24, 2.45) is 0 Å². The lowest BCUT2D eigenvalue weighted by Gasteiger charge is -2.39. The first-order chi connectivity index (χ1) is 9.16. The molecule has 0 saturated carbocycles. The second-order valence-electron chi connectivity index (χ2n) is 5.27. The van der Waals surface area contributed by atoms with Crippen molar-refractivity contribution < 1.29 is 22.8 Å². The highest BCUT2D eigenvalue weighted by molar-refractivity contribution is 7.54.